The van der Waals surface area contributed by atoms with E-state index in [9.17, 15) is 0 Å². The molecule has 0 aliphatic heterocycles. The molecule has 0 N–H and O–H groups in total. The number of aromatic nitrogens is 1. The zero-order valence-electron chi connectivity index (χ0n) is 10.0. The summed E-state index contributed by atoms with van der Waals surface area (Å²) < 4.78 is 1.09. The first kappa shape index (κ1) is 11.4. The lowest BCUT2D eigenvalue weighted by atomic mass is 10.0. The van der Waals surface area contributed by atoms with E-state index in [1.165, 1.54) is 16.3 Å². The second-order valence-electron chi connectivity index (χ2n) is 4.37. The summed E-state index contributed by atoms with van der Waals surface area (Å²) in [5.41, 5.74) is 3.45. The minimum atomic E-state index is 1.02. The molecule has 0 fully saturated rings. The average molecular weight is 298 g/mol. The second kappa shape index (κ2) is 4.54. The number of rotatable bonds is 1. The van der Waals surface area contributed by atoms with Crippen molar-refractivity contribution >= 4 is 26.7 Å². The van der Waals surface area contributed by atoms with Gasteiger partial charge in [0.05, 0.1) is 5.69 Å². The molecule has 1 nitrogen and oxygen atoms in total. The van der Waals surface area contributed by atoms with Crippen molar-refractivity contribution in [1.29, 1.82) is 0 Å². The third-order valence-electron chi connectivity index (χ3n) is 3.12. The summed E-state index contributed by atoms with van der Waals surface area (Å²) in [6, 6.07) is 16.7. The van der Waals surface area contributed by atoms with E-state index in [4.69, 9.17) is 0 Å². The van der Waals surface area contributed by atoms with Gasteiger partial charge in [0.25, 0.3) is 0 Å². The van der Waals surface area contributed by atoms with Crippen LogP contribution in [0.25, 0.3) is 22.0 Å². The predicted octanol–water partition coefficient (Wildman–Crippen LogP) is 4.97. The fourth-order valence-corrected chi connectivity index (χ4v) is 2.37. The highest BCUT2D eigenvalue weighted by Crippen LogP contribution is 2.25. The summed E-state index contributed by atoms with van der Waals surface area (Å²) in [7, 11) is 0. The molecule has 0 aliphatic rings. The van der Waals surface area contributed by atoms with Crippen LogP contribution in [0.1, 0.15) is 5.56 Å². The van der Waals surface area contributed by atoms with Gasteiger partial charge in [0.15, 0.2) is 0 Å². The fourth-order valence-electron chi connectivity index (χ4n) is 2.10. The van der Waals surface area contributed by atoms with Gasteiger partial charge in [-0.15, -0.1) is 0 Å². The van der Waals surface area contributed by atoms with Crippen LogP contribution >= 0.6 is 15.9 Å². The van der Waals surface area contributed by atoms with Crippen LogP contribution in [0.3, 0.4) is 0 Å². The predicted molar refractivity (Wildman–Crippen MR) is 79.6 cm³/mol. The van der Waals surface area contributed by atoms with Crippen molar-refractivity contribution in [3.05, 3.63) is 64.8 Å². The highest BCUT2D eigenvalue weighted by atomic mass is 79.9. The molecule has 0 atom stereocenters. The van der Waals surface area contributed by atoms with Crippen molar-refractivity contribution in [1.82, 2.24) is 4.98 Å². The number of benzene rings is 2. The van der Waals surface area contributed by atoms with Crippen LogP contribution in [0.2, 0.25) is 0 Å². The monoisotopic (exact) mass is 297 g/mol. The lowest BCUT2D eigenvalue weighted by molar-refractivity contribution is 1.35. The maximum absolute atomic E-state index is 4.53. The molecule has 3 aromatic rings. The quantitative estimate of drug-likeness (QED) is 0.618. The van der Waals surface area contributed by atoms with Crippen molar-refractivity contribution in [2.45, 2.75) is 6.92 Å². The van der Waals surface area contributed by atoms with E-state index in [0.717, 1.165) is 15.7 Å². The van der Waals surface area contributed by atoms with Crippen molar-refractivity contribution < 1.29 is 0 Å². The Morgan fingerprint density at radius 1 is 1.00 bits per heavy atom. The number of nitrogens with zero attached hydrogens (tertiary/aromatic N) is 1. The van der Waals surface area contributed by atoms with Crippen LogP contribution in [0.5, 0.6) is 0 Å². The van der Waals surface area contributed by atoms with Gasteiger partial charge in [0.1, 0.15) is 0 Å². The highest BCUT2D eigenvalue weighted by molar-refractivity contribution is 9.10. The lowest BCUT2D eigenvalue weighted by Gasteiger charge is -2.05. The normalized spacial score (nSPS) is 10.8. The van der Waals surface area contributed by atoms with Crippen LogP contribution in [0.4, 0.5) is 0 Å². The highest BCUT2D eigenvalue weighted by Gasteiger charge is 2.02. The Bertz CT molecular complexity index is 702. The number of halogens is 1. The van der Waals surface area contributed by atoms with Crippen molar-refractivity contribution in [3.8, 4) is 11.3 Å². The largest absolute Gasteiger partial charge is 0.256 e. The van der Waals surface area contributed by atoms with Crippen LogP contribution in [-0.2, 0) is 0 Å². The molecule has 1 aromatic heterocycles. The fraction of sp³-hybridized carbons (Fsp3) is 0.0625. The molecule has 0 bridgehead atoms. The summed E-state index contributed by atoms with van der Waals surface area (Å²) in [6.07, 6.45) is 1.94. The van der Waals surface area contributed by atoms with Crippen molar-refractivity contribution in [2.75, 3.05) is 0 Å². The van der Waals surface area contributed by atoms with Gasteiger partial charge in [0, 0.05) is 21.6 Å². The molecule has 0 unspecified atom stereocenters. The third kappa shape index (κ3) is 2.04. The summed E-state index contributed by atoms with van der Waals surface area (Å²) in [6.45, 7) is 2.13. The van der Waals surface area contributed by atoms with E-state index in [0.29, 0.717) is 0 Å². The van der Waals surface area contributed by atoms with Gasteiger partial charge in [-0.25, -0.2) is 0 Å². The minimum absolute atomic E-state index is 1.02. The van der Waals surface area contributed by atoms with Crippen LogP contribution < -0.4 is 0 Å². The molecular weight excluding hydrogens is 286 g/mol. The molecule has 0 saturated carbocycles. The van der Waals surface area contributed by atoms with E-state index in [1.807, 2.05) is 18.3 Å². The van der Waals surface area contributed by atoms with Gasteiger partial charge in [-0.3, -0.25) is 4.98 Å². The van der Waals surface area contributed by atoms with E-state index in [2.05, 4.69) is 64.2 Å². The maximum Gasteiger partial charge on any atom is 0.0708 e. The molecule has 0 spiro atoms. The van der Waals surface area contributed by atoms with E-state index in [-0.39, 0.29) is 0 Å². The SMILES string of the molecule is Cc1cccc2cnc(-c3ccc(Br)cc3)cc12. The van der Waals surface area contributed by atoms with Gasteiger partial charge in [-0.1, -0.05) is 46.3 Å². The molecule has 0 radical (unpaired) electrons. The summed E-state index contributed by atoms with van der Waals surface area (Å²) in [5.74, 6) is 0. The first-order chi connectivity index (χ1) is 8.74. The van der Waals surface area contributed by atoms with Gasteiger partial charge in [0.2, 0.25) is 0 Å². The molecule has 1 heterocycles. The van der Waals surface area contributed by atoms with Gasteiger partial charge in [-0.05, 0) is 36.1 Å². The molecular formula is C16H12BrN. The van der Waals surface area contributed by atoms with E-state index < -0.39 is 0 Å². The molecule has 0 saturated heterocycles. The molecule has 88 valence electrons. The Labute approximate surface area is 115 Å². The molecule has 2 aromatic carbocycles. The maximum atomic E-state index is 4.53. The van der Waals surface area contributed by atoms with Gasteiger partial charge >= 0.3 is 0 Å². The second-order valence-corrected chi connectivity index (χ2v) is 5.29. The van der Waals surface area contributed by atoms with Crippen molar-refractivity contribution in [2.24, 2.45) is 0 Å². The zero-order chi connectivity index (χ0) is 12.5. The zero-order valence-corrected chi connectivity index (χ0v) is 11.6. The summed E-state index contributed by atoms with van der Waals surface area (Å²) >= 11 is 3.45. The molecule has 0 amide bonds. The third-order valence-corrected chi connectivity index (χ3v) is 3.65. The Kier molecular flexibility index (Phi) is 2.88. The van der Waals surface area contributed by atoms with Crippen LogP contribution in [0, 0.1) is 6.92 Å². The number of fused-ring (bicyclic) bond motifs is 1. The Morgan fingerprint density at radius 3 is 2.56 bits per heavy atom. The van der Waals surface area contributed by atoms with E-state index >= 15 is 0 Å². The lowest BCUT2D eigenvalue weighted by Crippen LogP contribution is -1.85. The average Bonchev–Trinajstić information content (AvgIpc) is 2.40. The summed E-state index contributed by atoms with van der Waals surface area (Å²) in [5, 5.41) is 2.46. The van der Waals surface area contributed by atoms with Gasteiger partial charge in [-0.2, -0.15) is 0 Å². The van der Waals surface area contributed by atoms with Crippen LogP contribution in [-0.4, -0.2) is 4.98 Å². The molecule has 3 rings (SSSR count). The first-order valence-electron chi connectivity index (χ1n) is 5.85. The molecule has 0 aliphatic carbocycles. The number of pyridine rings is 1. The van der Waals surface area contributed by atoms with E-state index in [1.54, 1.807) is 0 Å². The van der Waals surface area contributed by atoms with Crippen LogP contribution in [0.15, 0.2) is 59.2 Å². The smallest absolute Gasteiger partial charge is 0.0708 e. The Morgan fingerprint density at radius 2 is 1.78 bits per heavy atom. The number of aryl methyl sites for hydroxylation is 1. The Hall–Kier alpha value is -1.67. The standard InChI is InChI=1S/C16H12BrN/c1-11-3-2-4-13-10-18-16(9-15(11)13)12-5-7-14(17)8-6-12/h2-10H,1H3. The number of hydrogen-bond donors (Lipinski definition) is 0. The Balaban J connectivity index is 2.18. The summed E-state index contributed by atoms with van der Waals surface area (Å²) in [4.78, 5) is 4.53. The minimum Gasteiger partial charge on any atom is -0.256 e. The topological polar surface area (TPSA) is 12.9 Å². The first-order valence-corrected chi connectivity index (χ1v) is 6.65. The van der Waals surface area contributed by atoms with Crippen molar-refractivity contribution in [3.63, 3.8) is 0 Å². The van der Waals surface area contributed by atoms with Gasteiger partial charge < -0.3 is 0 Å². The molecule has 2 heteroatoms. The number of hydrogen-bond acceptors (Lipinski definition) is 1. The molecule has 18 heavy (non-hydrogen) atoms.